The highest BCUT2D eigenvalue weighted by Crippen LogP contribution is 2.22. The molecule has 0 bridgehead atoms. The zero-order valence-corrected chi connectivity index (χ0v) is 9.90. The Labute approximate surface area is 95.8 Å². The summed E-state index contributed by atoms with van der Waals surface area (Å²) >= 11 is 0. The fourth-order valence-corrected chi connectivity index (χ4v) is 2.05. The van der Waals surface area contributed by atoms with Gasteiger partial charge in [-0.05, 0) is 12.8 Å². The summed E-state index contributed by atoms with van der Waals surface area (Å²) < 4.78 is 0. The molecule has 2 amide bonds. The van der Waals surface area contributed by atoms with Gasteiger partial charge in [-0.3, -0.25) is 9.59 Å². The van der Waals surface area contributed by atoms with E-state index >= 15 is 0 Å². The van der Waals surface area contributed by atoms with E-state index in [9.17, 15) is 14.7 Å². The molecule has 1 aliphatic rings. The summed E-state index contributed by atoms with van der Waals surface area (Å²) in [5.74, 6) is -0.368. The quantitative estimate of drug-likeness (QED) is 0.708. The Bertz CT molecular complexity index is 268. The van der Waals surface area contributed by atoms with Gasteiger partial charge in [0.05, 0.1) is 18.7 Å². The van der Waals surface area contributed by atoms with Crippen LogP contribution in [0.15, 0.2) is 0 Å². The fourth-order valence-electron chi connectivity index (χ4n) is 2.05. The van der Waals surface area contributed by atoms with Crippen LogP contribution in [0.25, 0.3) is 0 Å². The van der Waals surface area contributed by atoms with Crippen molar-refractivity contribution < 1.29 is 14.7 Å². The Hall–Kier alpha value is -1.10. The number of rotatable bonds is 3. The molecule has 0 spiro atoms. The molecule has 2 unspecified atom stereocenters. The number of aliphatic hydroxyl groups excluding tert-OH is 1. The number of hydrogen-bond acceptors (Lipinski definition) is 3. The van der Waals surface area contributed by atoms with Crippen molar-refractivity contribution in [3.05, 3.63) is 0 Å². The summed E-state index contributed by atoms with van der Waals surface area (Å²) in [5.41, 5.74) is 0. The third-order valence-corrected chi connectivity index (χ3v) is 3.07. The predicted molar refractivity (Wildman–Crippen MR) is 59.7 cm³/mol. The summed E-state index contributed by atoms with van der Waals surface area (Å²) in [6.07, 6.45) is 3.22. The van der Waals surface area contributed by atoms with Gasteiger partial charge in [-0.2, -0.15) is 0 Å². The molecule has 0 saturated heterocycles. The topological polar surface area (TPSA) is 69.6 Å². The molecule has 1 saturated carbocycles. The van der Waals surface area contributed by atoms with Crippen molar-refractivity contribution in [1.29, 1.82) is 0 Å². The number of carbonyl (C=O) groups excluding carboxylic acids is 2. The maximum atomic E-state index is 11.7. The Morgan fingerprint density at radius 2 is 2.00 bits per heavy atom. The molecule has 16 heavy (non-hydrogen) atoms. The third-order valence-electron chi connectivity index (χ3n) is 3.07. The van der Waals surface area contributed by atoms with E-state index in [2.05, 4.69) is 5.32 Å². The van der Waals surface area contributed by atoms with Crippen molar-refractivity contribution in [2.75, 3.05) is 13.6 Å². The number of carbonyl (C=O) groups is 2. The molecule has 92 valence electrons. The van der Waals surface area contributed by atoms with E-state index in [1.807, 2.05) is 0 Å². The Morgan fingerprint density at radius 1 is 1.38 bits per heavy atom. The van der Waals surface area contributed by atoms with E-state index in [-0.39, 0.29) is 24.4 Å². The van der Waals surface area contributed by atoms with Crippen LogP contribution in [0.1, 0.15) is 32.6 Å². The average molecular weight is 228 g/mol. The molecule has 1 fully saturated rings. The lowest BCUT2D eigenvalue weighted by Gasteiger charge is -2.35. The molecular formula is C11H20N2O3. The van der Waals surface area contributed by atoms with Crippen LogP contribution < -0.4 is 5.32 Å². The normalized spacial score (nSPS) is 24.9. The number of nitrogens with zero attached hydrogens (tertiary/aromatic N) is 1. The molecule has 1 rings (SSSR count). The van der Waals surface area contributed by atoms with Gasteiger partial charge in [0.2, 0.25) is 11.8 Å². The van der Waals surface area contributed by atoms with E-state index in [4.69, 9.17) is 0 Å². The fraction of sp³-hybridized carbons (Fsp3) is 0.818. The average Bonchev–Trinajstić information content (AvgIpc) is 2.25. The van der Waals surface area contributed by atoms with Gasteiger partial charge in [0.25, 0.3) is 0 Å². The standard InChI is InChI=1S/C11H20N2O3/c1-8(14)12-7-11(16)13(2)9-5-3-4-6-10(9)15/h9-10,15H,3-7H2,1-2H3,(H,12,14). The molecular weight excluding hydrogens is 208 g/mol. The maximum absolute atomic E-state index is 11.7. The second-order valence-electron chi connectivity index (χ2n) is 4.33. The third kappa shape index (κ3) is 3.48. The molecule has 1 aliphatic carbocycles. The van der Waals surface area contributed by atoms with Gasteiger partial charge in [0.15, 0.2) is 0 Å². The van der Waals surface area contributed by atoms with Crippen LogP contribution in [0.4, 0.5) is 0 Å². The van der Waals surface area contributed by atoms with Gasteiger partial charge >= 0.3 is 0 Å². The monoisotopic (exact) mass is 228 g/mol. The number of amides is 2. The summed E-state index contributed by atoms with van der Waals surface area (Å²) in [6, 6.07) is -0.102. The van der Waals surface area contributed by atoms with Gasteiger partial charge in [-0.15, -0.1) is 0 Å². The number of likely N-dealkylation sites (N-methyl/N-ethyl adjacent to an activating group) is 1. The second kappa shape index (κ2) is 5.84. The predicted octanol–water partition coefficient (Wildman–Crippen LogP) is -0.116. The van der Waals surface area contributed by atoms with Crippen LogP contribution in [-0.2, 0) is 9.59 Å². The van der Waals surface area contributed by atoms with Crippen molar-refractivity contribution >= 4 is 11.8 Å². The Morgan fingerprint density at radius 3 is 2.56 bits per heavy atom. The molecule has 5 heteroatoms. The molecule has 0 aromatic heterocycles. The largest absolute Gasteiger partial charge is 0.391 e. The highest BCUT2D eigenvalue weighted by Gasteiger charge is 2.29. The maximum Gasteiger partial charge on any atom is 0.242 e. The van der Waals surface area contributed by atoms with Crippen LogP contribution in [0.2, 0.25) is 0 Å². The minimum absolute atomic E-state index is 0.00898. The SMILES string of the molecule is CC(=O)NCC(=O)N(C)C1CCCCC1O. The Balaban J connectivity index is 2.45. The van der Waals surface area contributed by atoms with Crippen LogP contribution >= 0.6 is 0 Å². The van der Waals surface area contributed by atoms with E-state index in [0.717, 1.165) is 25.7 Å². The van der Waals surface area contributed by atoms with Crippen LogP contribution in [0, 0.1) is 0 Å². The van der Waals surface area contributed by atoms with E-state index in [1.165, 1.54) is 6.92 Å². The van der Waals surface area contributed by atoms with Crippen molar-refractivity contribution in [3.8, 4) is 0 Å². The highest BCUT2D eigenvalue weighted by molar-refractivity contribution is 5.83. The van der Waals surface area contributed by atoms with Crippen LogP contribution in [-0.4, -0.2) is 47.6 Å². The lowest BCUT2D eigenvalue weighted by Crippen LogP contribution is -2.49. The molecule has 2 N–H and O–H groups in total. The minimum Gasteiger partial charge on any atom is -0.391 e. The van der Waals surface area contributed by atoms with Crippen molar-refractivity contribution in [3.63, 3.8) is 0 Å². The van der Waals surface area contributed by atoms with E-state index in [1.54, 1.807) is 11.9 Å². The highest BCUT2D eigenvalue weighted by atomic mass is 16.3. The first-order valence-corrected chi connectivity index (χ1v) is 5.70. The molecule has 0 heterocycles. The molecule has 2 atom stereocenters. The lowest BCUT2D eigenvalue weighted by molar-refractivity contribution is -0.136. The first-order valence-electron chi connectivity index (χ1n) is 5.70. The van der Waals surface area contributed by atoms with Crippen LogP contribution in [0.5, 0.6) is 0 Å². The first kappa shape index (κ1) is 13.0. The number of nitrogens with one attached hydrogen (secondary N) is 1. The summed E-state index contributed by atoms with van der Waals surface area (Å²) in [4.78, 5) is 23.9. The summed E-state index contributed by atoms with van der Waals surface area (Å²) in [5, 5.41) is 12.3. The Kier molecular flexibility index (Phi) is 4.73. The molecule has 5 nitrogen and oxygen atoms in total. The van der Waals surface area contributed by atoms with Gasteiger partial charge in [-0.25, -0.2) is 0 Å². The van der Waals surface area contributed by atoms with Crippen molar-refractivity contribution in [2.24, 2.45) is 0 Å². The van der Waals surface area contributed by atoms with E-state index < -0.39 is 6.10 Å². The zero-order chi connectivity index (χ0) is 12.1. The zero-order valence-electron chi connectivity index (χ0n) is 9.90. The second-order valence-corrected chi connectivity index (χ2v) is 4.33. The van der Waals surface area contributed by atoms with Gasteiger partial charge in [-0.1, -0.05) is 12.8 Å². The molecule has 0 aromatic carbocycles. The van der Waals surface area contributed by atoms with Crippen molar-refractivity contribution in [1.82, 2.24) is 10.2 Å². The smallest absolute Gasteiger partial charge is 0.242 e. The first-order chi connectivity index (χ1) is 7.52. The van der Waals surface area contributed by atoms with E-state index in [0.29, 0.717) is 0 Å². The van der Waals surface area contributed by atoms with Crippen LogP contribution in [0.3, 0.4) is 0 Å². The van der Waals surface area contributed by atoms with Crippen molar-refractivity contribution in [2.45, 2.75) is 44.8 Å². The molecule has 0 aliphatic heterocycles. The lowest BCUT2D eigenvalue weighted by atomic mass is 9.91. The number of hydrogen-bond donors (Lipinski definition) is 2. The van der Waals surface area contributed by atoms with Gasteiger partial charge in [0, 0.05) is 14.0 Å². The number of aliphatic hydroxyl groups is 1. The molecule has 0 radical (unpaired) electrons. The summed E-state index contributed by atoms with van der Waals surface area (Å²) in [6.45, 7) is 1.39. The van der Waals surface area contributed by atoms with Gasteiger partial charge in [0.1, 0.15) is 0 Å². The molecule has 0 aromatic rings. The van der Waals surface area contributed by atoms with Gasteiger partial charge < -0.3 is 15.3 Å². The minimum atomic E-state index is -0.431. The summed E-state index contributed by atoms with van der Waals surface area (Å²) in [7, 11) is 1.68.